The van der Waals surface area contributed by atoms with Crippen molar-refractivity contribution in [3.05, 3.63) is 138 Å². The molecule has 60 heavy (non-hydrogen) atoms. The van der Waals surface area contributed by atoms with Crippen LogP contribution in [0.1, 0.15) is 72.6 Å². The topological polar surface area (TPSA) is 188 Å². The minimum Gasteiger partial charge on any atom is -0.453 e. The zero-order valence-electron chi connectivity index (χ0n) is 33.2. The average molecular weight is 808 g/mol. The van der Waals surface area contributed by atoms with Gasteiger partial charge in [0, 0.05) is 24.8 Å². The van der Waals surface area contributed by atoms with E-state index in [2.05, 4.69) is 25.6 Å². The molecule has 2 aliphatic rings. The number of carbonyl (C=O) groups excluding carboxylic acids is 4. The molecule has 306 valence electrons. The average Bonchev–Trinajstić information content (AvgIpc) is 4.15. The van der Waals surface area contributed by atoms with Crippen molar-refractivity contribution in [1.29, 1.82) is 0 Å². The van der Waals surface area contributed by atoms with E-state index in [1.807, 2.05) is 91.1 Å². The number of imidazole rings is 2. The number of rotatable bonds is 11. The number of benzene rings is 3. The molecule has 0 bridgehead atoms. The molecule has 15 heteroatoms. The van der Waals surface area contributed by atoms with E-state index in [1.54, 1.807) is 34.3 Å². The van der Waals surface area contributed by atoms with Crippen LogP contribution in [-0.4, -0.2) is 86.0 Å². The molecule has 0 spiro atoms. The number of ether oxygens (including phenoxy) is 2. The van der Waals surface area contributed by atoms with Crippen molar-refractivity contribution in [3.63, 3.8) is 0 Å². The summed E-state index contributed by atoms with van der Waals surface area (Å²) in [6, 6.07) is 27.9. The highest BCUT2D eigenvalue weighted by molar-refractivity contribution is 5.88. The van der Waals surface area contributed by atoms with Crippen LogP contribution >= 0.6 is 0 Å². The van der Waals surface area contributed by atoms with Crippen molar-refractivity contribution in [2.75, 3.05) is 27.3 Å². The Morgan fingerprint density at radius 2 is 1.05 bits per heavy atom. The number of nitrogens with zero attached hydrogens (tertiary/aromatic N) is 5. The third kappa shape index (κ3) is 8.32. The first kappa shape index (κ1) is 39.5. The van der Waals surface area contributed by atoms with Crippen LogP contribution in [0.15, 0.2) is 116 Å². The van der Waals surface area contributed by atoms with Gasteiger partial charge in [-0.15, -0.1) is 0 Å². The van der Waals surface area contributed by atoms with Gasteiger partial charge in [-0.2, -0.15) is 0 Å². The fourth-order valence-electron chi connectivity index (χ4n) is 8.04. The van der Waals surface area contributed by atoms with E-state index in [4.69, 9.17) is 19.4 Å². The fourth-order valence-corrected chi connectivity index (χ4v) is 8.04. The van der Waals surface area contributed by atoms with E-state index in [0.717, 1.165) is 53.8 Å². The maximum Gasteiger partial charge on any atom is 0.407 e. The minimum absolute atomic E-state index is 0.222. The maximum atomic E-state index is 13.9. The Morgan fingerprint density at radius 3 is 1.53 bits per heavy atom. The van der Waals surface area contributed by atoms with Gasteiger partial charge >= 0.3 is 12.2 Å². The Morgan fingerprint density at radius 1 is 0.583 bits per heavy atom. The molecule has 5 heterocycles. The number of aromatic nitrogens is 5. The Labute approximate surface area is 346 Å². The number of carbonyl (C=O) groups is 4. The summed E-state index contributed by atoms with van der Waals surface area (Å²) in [7, 11) is 2.55. The van der Waals surface area contributed by atoms with Crippen molar-refractivity contribution in [2.24, 2.45) is 0 Å². The predicted molar refractivity (Wildman–Crippen MR) is 222 cm³/mol. The van der Waals surface area contributed by atoms with Gasteiger partial charge in [0.1, 0.15) is 23.7 Å². The summed E-state index contributed by atoms with van der Waals surface area (Å²) in [6.45, 7) is 1.08. The van der Waals surface area contributed by atoms with Crippen LogP contribution in [0.25, 0.3) is 33.8 Å². The third-order valence-corrected chi connectivity index (χ3v) is 11.1. The van der Waals surface area contributed by atoms with Crippen molar-refractivity contribution in [3.8, 4) is 33.8 Å². The molecule has 3 aromatic heterocycles. The number of likely N-dealkylation sites (tertiary alicyclic amines) is 2. The highest BCUT2D eigenvalue weighted by atomic mass is 16.5. The molecule has 4 amide bonds. The SMILES string of the molecule is COC(=O)N[C@H](C(=O)N1CCCC1c1ncc(-c2ccc(-c3ccc(-c4cnc([C@@H]5CCCN5C(=O)[C@H](NC(=O)OC)c5ccccc5)[nH]4)nc3)cc2)[nH]1)c1ccccc1. The summed E-state index contributed by atoms with van der Waals surface area (Å²) in [5.41, 5.74) is 6.45. The summed E-state index contributed by atoms with van der Waals surface area (Å²) in [5.74, 6) is 0.888. The van der Waals surface area contributed by atoms with Gasteiger partial charge in [0.2, 0.25) is 0 Å². The van der Waals surface area contributed by atoms with E-state index in [0.29, 0.717) is 41.6 Å². The summed E-state index contributed by atoms with van der Waals surface area (Å²) in [4.78, 5) is 76.7. The van der Waals surface area contributed by atoms with E-state index in [1.165, 1.54) is 14.2 Å². The van der Waals surface area contributed by atoms with E-state index < -0.39 is 24.3 Å². The fraction of sp³-hybridized carbons (Fsp3) is 0.267. The Bertz CT molecular complexity index is 2270. The summed E-state index contributed by atoms with van der Waals surface area (Å²) < 4.78 is 9.64. The lowest BCUT2D eigenvalue weighted by Gasteiger charge is -2.28. The van der Waals surface area contributed by atoms with Crippen LogP contribution < -0.4 is 10.6 Å². The molecule has 2 aliphatic heterocycles. The van der Waals surface area contributed by atoms with Crippen LogP contribution in [0.2, 0.25) is 0 Å². The lowest BCUT2D eigenvalue weighted by atomic mass is 10.0. The lowest BCUT2D eigenvalue weighted by molar-refractivity contribution is -0.135. The van der Waals surface area contributed by atoms with Gasteiger partial charge in [0.05, 0.1) is 55.8 Å². The number of nitrogens with one attached hydrogen (secondary N) is 4. The molecule has 4 N–H and O–H groups in total. The normalized spacial score (nSPS) is 17.2. The lowest BCUT2D eigenvalue weighted by Crippen LogP contribution is -2.42. The van der Waals surface area contributed by atoms with Gasteiger partial charge < -0.3 is 39.9 Å². The van der Waals surface area contributed by atoms with E-state index >= 15 is 0 Å². The monoisotopic (exact) mass is 807 g/mol. The van der Waals surface area contributed by atoms with Crippen LogP contribution in [0.5, 0.6) is 0 Å². The summed E-state index contributed by atoms with van der Waals surface area (Å²) >= 11 is 0. The van der Waals surface area contributed by atoms with Crippen molar-refractivity contribution >= 4 is 24.0 Å². The highest BCUT2D eigenvalue weighted by Gasteiger charge is 2.38. The number of amides is 4. The third-order valence-electron chi connectivity index (χ3n) is 11.1. The van der Waals surface area contributed by atoms with Crippen LogP contribution in [0.4, 0.5) is 9.59 Å². The second-order valence-electron chi connectivity index (χ2n) is 14.7. The minimum atomic E-state index is -0.896. The molecule has 15 nitrogen and oxygen atoms in total. The smallest absolute Gasteiger partial charge is 0.407 e. The molecule has 4 atom stereocenters. The molecule has 6 aromatic rings. The molecule has 8 rings (SSSR count). The van der Waals surface area contributed by atoms with Crippen molar-refractivity contribution in [1.82, 2.24) is 45.4 Å². The zero-order valence-corrected chi connectivity index (χ0v) is 33.2. The Hall–Kier alpha value is -7.29. The molecular weight excluding hydrogens is 763 g/mol. The van der Waals surface area contributed by atoms with Gasteiger partial charge in [-0.3, -0.25) is 14.6 Å². The Balaban J connectivity index is 0.928. The highest BCUT2D eigenvalue weighted by Crippen LogP contribution is 2.36. The van der Waals surface area contributed by atoms with Gasteiger partial charge in [-0.25, -0.2) is 19.6 Å². The van der Waals surface area contributed by atoms with Gasteiger partial charge in [0.15, 0.2) is 0 Å². The first-order chi connectivity index (χ1) is 29.3. The molecule has 0 aliphatic carbocycles. The first-order valence-corrected chi connectivity index (χ1v) is 19.9. The Kier molecular flexibility index (Phi) is 11.7. The standard InChI is InChI=1S/C45H45N9O6/c1-59-44(57)51-38(30-11-5-3-6-12-30)42(55)53-23-9-15-36(53)40-47-26-34(49-40)29-19-17-28(18-20-29)32-21-22-33(46-25-32)35-27-48-41(50-35)37-16-10-24-54(37)43(56)39(52-45(58)60-2)31-13-7-4-8-14-31/h3-8,11-14,17-22,25-27,36-39H,9-10,15-16,23-24H2,1-2H3,(H,47,49)(H,48,50)(H,51,57)(H,52,58)/t36?,37-,38-,39+/m0/s1. The second-order valence-corrected chi connectivity index (χ2v) is 14.7. The summed E-state index contributed by atoms with van der Waals surface area (Å²) in [5, 5.41) is 5.41. The number of hydrogen-bond acceptors (Lipinski definition) is 9. The van der Waals surface area contributed by atoms with E-state index in [9.17, 15) is 19.2 Å². The number of pyridine rings is 1. The van der Waals surface area contributed by atoms with Crippen molar-refractivity contribution in [2.45, 2.75) is 49.9 Å². The number of alkyl carbamates (subject to hydrolysis) is 2. The molecule has 0 radical (unpaired) electrons. The number of hydrogen-bond donors (Lipinski definition) is 4. The molecule has 3 aromatic carbocycles. The van der Waals surface area contributed by atoms with Crippen LogP contribution in [-0.2, 0) is 19.1 Å². The zero-order chi connectivity index (χ0) is 41.6. The number of methoxy groups -OCH3 is 2. The quantitative estimate of drug-likeness (QED) is 0.106. The molecule has 1 unspecified atom stereocenters. The summed E-state index contributed by atoms with van der Waals surface area (Å²) in [6.07, 6.45) is 7.04. The van der Waals surface area contributed by atoms with E-state index in [-0.39, 0.29) is 23.9 Å². The van der Waals surface area contributed by atoms with Crippen LogP contribution in [0.3, 0.4) is 0 Å². The second kappa shape index (κ2) is 17.7. The number of H-pyrrole nitrogens is 2. The first-order valence-electron chi connectivity index (χ1n) is 19.9. The largest absolute Gasteiger partial charge is 0.453 e. The molecule has 0 saturated carbocycles. The van der Waals surface area contributed by atoms with Crippen LogP contribution in [0, 0.1) is 0 Å². The van der Waals surface area contributed by atoms with Gasteiger partial charge in [-0.1, -0.05) is 91.0 Å². The predicted octanol–water partition coefficient (Wildman–Crippen LogP) is 7.05. The molecular formula is C45H45N9O6. The number of aromatic amines is 2. The maximum absolute atomic E-state index is 13.9. The van der Waals surface area contributed by atoms with Gasteiger partial charge in [-0.05, 0) is 54.0 Å². The molecule has 2 fully saturated rings. The molecule has 2 saturated heterocycles. The van der Waals surface area contributed by atoms with Gasteiger partial charge in [0.25, 0.3) is 11.8 Å². The van der Waals surface area contributed by atoms with Crippen molar-refractivity contribution < 1.29 is 28.7 Å².